The molecule has 2 N–H and O–H groups in total. The van der Waals surface area contributed by atoms with Crippen LogP contribution in [0.2, 0.25) is 0 Å². The van der Waals surface area contributed by atoms with Crippen molar-refractivity contribution < 1.29 is 14.6 Å². The van der Waals surface area contributed by atoms with Gasteiger partial charge in [0, 0.05) is 0 Å². The molecule has 0 bridgehead atoms. The number of aliphatic hydroxyl groups is 1. The predicted molar refractivity (Wildman–Crippen MR) is 80.1 cm³/mol. The van der Waals surface area contributed by atoms with Crippen molar-refractivity contribution in [2.24, 2.45) is 0 Å². The monoisotopic (exact) mass is 279 g/mol. The Hall–Kier alpha value is -1.55. The molecule has 4 nitrogen and oxygen atoms in total. The van der Waals surface area contributed by atoms with E-state index in [4.69, 9.17) is 9.84 Å². The summed E-state index contributed by atoms with van der Waals surface area (Å²) in [5.74, 6) is 0.956. The Balaban J connectivity index is 2.53. The fourth-order valence-electron chi connectivity index (χ4n) is 2.08. The normalized spacial score (nSPS) is 12.3. The van der Waals surface area contributed by atoms with E-state index in [-0.39, 0.29) is 25.2 Å². The van der Waals surface area contributed by atoms with Gasteiger partial charge in [0.1, 0.15) is 5.75 Å². The van der Waals surface area contributed by atoms with Crippen LogP contribution in [0.15, 0.2) is 18.2 Å². The van der Waals surface area contributed by atoms with Crippen molar-refractivity contribution in [1.82, 2.24) is 5.32 Å². The van der Waals surface area contributed by atoms with E-state index in [0.717, 1.165) is 0 Å². The molecule has 20 heavy (non-hydrogen) atoms. The first-order valence-electron chi connectivity index (χ1n) is 7.11. The van der Waals surface area contributed by atoms with Crippen LogP contribution in [0.25, 0.3) is 0 Å². The lowest BCUT2D eigenvalue weighted by Crippen LogP contribution is -2.39. The first-order valence-corrected chi connectivity index (χ1v) is 7.11. The maximum Gasteiger partial charge on any atom is 0.258 e. The van der Waals surface area contributed by atoms with Gasteiger partial charge in [0.15, 0.2) is 6.61 Å². The van der Waals surface area contributed by atoms with E-state index in [2.05, 4.69) is 19.2 Å². The molecule has 1 aromatic rings. The maximum atomic E-state index is 11.7. The van der Waals surface area contributed by atoms with E-state index in [9.17, 15) is 4.79 Å². The van der Waals surface area contributed by atoms with Crippen LogP contribution >= 0.6 is 0 Å². The third-order valence-electron chi connectivity index (χ3n) is 3.31. The quantitative estimate of drug-likeness (QED) is 0.805. The number of nitrogens with one attached hydrogen (secondary N) is 1. The van der Waals surface area contributed by atoms with Crippen molar-refractivity contribution in [2.75, 3.05) is 13.2 Å². The summed E-state index contributed by atoms with van der Waals surface area (Å²) in [4.78, 5) is 11.7. The molecule has 4 heteroatoms. The summed E-state index contributed by atoms with van der Waals surface area (Å²) in [7, 11) is 0. The standard InChI is InChI=1S/C16H25NO3/c1-5-13(9-18)17-16(19)10-20-14-6-7-15(11(2)3)12(4)8-14/h6-8,11,13,18H,5,9-10H2,1-4H3,(H,17,19). The summed E-state index contributed by atoms with van der Waals surface area (Å²) in [5.41, 5.74) is 2.45. The van der Waals surface area contributed by atoms with Crippen LogP contribution in [0.1, 0.15) is 44.2 Å². The molecule has 0 aliphatic carbocycles. The zero-order chi connectivity index (χ0) is 15.1. The van der Waals surface area contributed by atoms with E-state index in [1.165, 1.54) is 11.1 Å². The Labute approximate surface area is 121 Å². The van der Waals surface area contributed by atoms with Crippen LogP contribution in [0, 0.1) is 6.92 Å². The van der Waals surface area contributed by atoms with Gasteiger partial charge >= 0.3 is 0 Å². The van der Waals surface area contributed by atoms with Crippen LogP contribution in [-0.2, 0) is 4.79 Å². The molecule has 0 spiro atoms. The van der Waals surface area contributed by atoms with Crippen molar-refractivity contribution in [1.29, 1.82) is 0 Å². The second-order valence-electron chi connectivity index (χ2n) is 5.32. The minimum Gasteiger partial charge on any atom is -0.484 e. The Morgan fingerprint density at radius 1 is 1.40 bits per heavy atom. The van der Waals surface area contributed by atoms with Gasteiger partial charge in [-0.1, -0.05) is 26.8 Å². The maximum absolute atomic E-state index is 11.7. The van der Waals surface area contributed by atoms with Crippen molar-refractivity contribution >= 4 is 5.91 Å². The number of aryl methyl sites for hydroxylation is 1. The smallest absolute Gasteiger partial charge is 0.258 e. The number of hydrogen-bond donors (Lipinski definition) is 2. The Kier molecular flexibility index (Phi) is 6.52. The van der Waals surface area contributed by atoms with Gasteiger partial charge in [0.25, 0.3) is 5.91 Å². The molecule has 0 saturated carbocycles. The highest BCUT2D eigenvalue weighted by Crippen LogP contribution is 2.23. The van der Waals surface area contributed by atoms with Crippen LogP contribution in [-0.4, -0.2) is 30.3 Å². The van der Waals surface area contributed by atoms with E-state index in [0.29, 0.717) is 18.1 Å². The second kappa shape index (κ2) is 7.90. The molecule has 0 aromatic heterocycles. The Morgan fingerprint density at radius 2 is 2.10 bits per heavy atom. The Bertz CT molecular complexity index is 439. The highest BCUT2D eigenvalue weighted by Gasteiger charge is 2.10. The minimum atomic E-state index is -0.212. The van der Waals surface area contributed by atoms with Gasteiger partial charge in [-0.15, -0.1) is 0 Å². The third kappa shape index (κ3) is 4.85. The average Bonchev–Trinajstić information content (AvgIpc) is 2.42. The summed E-state index contributed by atoms with van der Waals surface area (Å²) in [6.07, 6.45) is 0.699. The number of aliphatic hydroxyl groups excluding tert-OH is 1. The molecular weight excluding hydrogens is 254 g/mol. The predicted octanol–water partition coefficient (Wildman–Crippen LogP) is 2.38. The van der Waals surface area contributed by atoms with Crippen molar-refractivity contribution in [2.45, 2.75) is 46.1 Å². The van der Waals surface area contributed by atoms with Gasteiger partial charge in [-0.2, -0.15) is 0 Å². The van der Waals surface area contributed by atoms with Crippen molar-refractivity contribution in [3.05, 3.63) is 29.3 Å². The number of ether oxygens (including phenoxy) is 1. The van der Waals surface area contributed by atoms with E-state index in [1.54, 1.807) is 0 Å². The average molecular weight is 279 g/mol. The molecule has 1 amide bonds. The van der Waals surface area contributed by atoms with Gasteiger partial charge in [-0.25, -0.2) is 0 Å². The number of carbonyl (C=O) groups is 1. The van der Waals surface area contributed by atoms with Gasteiger partial charge in [0.05, 0.1) is 12.6 Å². The lowest BCUT2D eigenvalue weighted by molar-refractivity contribution is -0.124. The summed E-state index contributed by atoms with van der Waals surface area (Å²) in [6.45, 7) is 8.17. The first kappa shape index (κ1) is 16.5. The summed E-state index contributed by atoms with van der Waals surface area (Å²) >= 11 is 0. The molecule has 1 rings (SSSR count). The van der Waals surface area contributed by atoms with E-state index in [1.807, 2.05) is 32.0 Å². The van der Waals surface area contributed by atoms with Gasteiger partial charge < -0.3 is 15.2 Å². The molecule has 0 heterocycles. The lowest BCUT2D eigenvalue weighted by atomic mass is 9.98. The number of benzene rings is 1. The van der Waals surface area contributed by atoms with Gasteiger partial charge in [-0.05, 0) is 42.5 Å². The molecule has 1 unspecified atom stereocenters. The SMILES string of the molecule is CCC(CO)NC(=O)COc1ccc(C(C)C)c(C)c1. The fraction of sp³-hybridized carbons (Fsp3) is 0.562. The number of amides is 1. The van der Waals surface area contributed by atoms with Crippen LogP contribution in [0.5, 0.6) is 5.75 Å². The Morgan fingerprint density at radius 3 is 2.60 bits per heavy atom. The number of hydrogen-bond acceptors (Lipinski definition) is 3. The van der Waals surface area contributed by atoms with E-state index < -0.39 is 0 Å². The van der Waals surface area contributed by atoms with Crippen LogP contribution in [0.3, 0.4) is 0 Å². The molecule has 1 aromatic carbocycles. The molecule has 0 aliphatic rings. The van der Waals surface area contributed by atoms with Crippen LogP contribution < -0.4 is 10.1 Å². The summed E-state index contributed by atoms with van der Waals surface area (Å²) in [5, 5.41) is 11.7. The number of rotatable bonds is 7. The van der Waals surface area contributed by atoms with Crippen molar-refractivity contribution in [3.63, 3.8) is 0 Å². The first-order chi connectivity index (χ1) is 9.47. The largest absolute Gasteiger partial charge is 0.484 e. The number of carbonyl (C=O) groups excluding carboxylic acids is 1. The topological polar surface area (TPSA) is 58.6 Å². The van der Waals surface area contributed by atoms with E-state index >= 15 is 0 Å². The highest BCUT2D eigenvalue weighted by atomic mass is 16.5. The molecule has 112 valence electrons. The minimum absolute atomic E-state index is 0.0308. The van der Waals surface area contributed by atoms with Crippen molar-refractivity contribution in [3.8, 4) is 5.75 Å². The molecule has 0 aliphatic heterocycles. The van der Waals surface area contributed by atoms with Crippen LogP contribution in [0.4, 0.5) is 0 Å². The fourth-order valence-corrected chi connectivity index (χ4v) is 2.08. The third-order valence-corrected chi connectivity index (χ3v) is 3.31. The van der Waals surface area contributed by atoms with Gasteiger partial charge in [-0.3, -0.25) is 4.79 Å². The lowest BCUT2D eigenvalue weighted by Gasteiger charge is -2.15. The second-order valence-corrected chi connectivity index (χ2v) is 5.32. The molecular formula is C16H25NO3. The molecule has 1 atom stereocenters. The van der Waals surface area contributed by atoms with Gasteiger partial charge in [0.2, 0.25) is 0 Å². The molecule has 0 radical (unpaired) electrons. The zero-order valence-electron chi connectivity index (χ0n) is 12.8. The zero-order valence-corrected chi connectivity index (χ0v) is 12.8. The summed E-state index contributed by atoms with van der Waals surface area (Å²) in [6, 6.07) is 5.68. The molecule has 0 saturated heterocycles. The summed E-state index contributed by atoms with van der Waals surface area (Å²) < 4.78 is 5.48. The molecule has 0 fully saturated rings. The highest BCUT2D eigenvalue weighted by molar-refractivity contribution is 5.77.